The number of carboxylic acids is 1. The highest BCUT2D eigenvalue weighted by atomic mass is 79.9. The van der Waals surface area contributed by atoms with E-state index in [1.54, 1.807) is 0 Å². The zero-order valence-electron chi connectivity index (χ0n) is 9.68. The van der Waals surface area contributed by atoms with Crippen LogP contribution in [0.4, 0.5) is 22.0 Å². The summed E-state index contributed by atoms with van der Waals surface area (Å²) in [6.07, 6.45) is -5.71. The lowest BCUT2D eigenvalue weighted by atomic mass is 10.1. The second-order valence-electron chi connectivity index (χ2n) is 3.80. The van der Waals surface area contributed by atoms with Gasteiger partial charge in [-0.25, -0.2) is 4.79 Å². The molecule has 0 radical (unpaired) electrons. The molecule has 0 amide bonds. The SMILES string of the molecule is O=C(O)c1ccc(Br)cc1COCC(F)(F)C(F)(F)F. The Bertz CT molecular complexity index is 501. The lowest BCUT2D eigenvalue weighted by Crippen LogP contribution is -2.40. The van der Waals surface area contributed by atoms with Crippen molar-refractivity contribution in [1.29, 1.82) is 0 Å². The summed E-state index contributed by atoms with van der Waals surface area (Å²) in [5.74, 6) is -6.32. The summed E-state index contributed by atoms with van der Waals surface area (Å²) in [7, 11) is 0. The largest absolute Gasteiger partial charge is 0.478 e. The minimum Gasteiger partial charge on any atom is -0.478 e. The van der Waals surface area contributed by atoms with Crippen LogP contribution in [-0.2, 0) is 11.3 Å². The summed E-state index contributed by atoms with van der Waals surface area (Å²) in [6, 6.07) is 3.86. The average Bonchev–Trinajstić information content (AvgIpc) is 2.26. The van der Waals surface area contributed by atoms with Gasteiger partial charge in [-0.15, -0.1) is 0 Å². The number of hydrogen-bond acceptors (Lipinski definition) is 2. The molecule has 112 valence electrons. The predicted octanol–water partition coefficient (Wildman–Crippen LogP) is 3.86. The van der Waals surface area contributed by atoms with E-state index >= 15 is 0 Å². The van der Waals surface area contributed by atoms with Crippen molar-refractivity contribution < 1.29 is 36.6 Å². The molecule has 9 heteroatoms. The maximum atomic E-state index is 12.6. The van der Waals surface area contributed by atoms with Crippen LogP contribution >= 0.6 is 15.9 Å². The second kappa shape index (κ2) is 6.04. The maximum absolute atomic E-state index is 12.6. The van der Waals surface area contributed by atoms with E-state index < -0.39 is 31.3 Å². The van der Waals surface area contributed by atoms with E-state index in [0.717, 1.165) is 0 Å². The molecular weight excluding hydrogens is 355 g/mol. The molecule has 0 saturated heterocycles. The van der Waals surface area contributed by atoms with Crippen molar-refractivity contribution in [2.45, 2.75) is 18.7 Å². The van der Waals surface area contributed by atoms with Crippen LogP contribution in [0.15, 0.2) is 22.7 Å². The Labute approximate surface area is 118 Å². The lowest BCUT2D eigenvalue weighted by Gasteiger charge is -2.19. The first-order chi connectivity index (χ1) is 9.04. The number of carbonyl (C=O) groups is 1. The highest BCUT2D eigenvalue weighted by molar-refractivity contribution is 9.10. The molecule has 20 heavy (non-hydrogen) atoms. The van der Waals surface area contributed by atoms with Crippen molar-refractivity contribution in [3.05, 3.63) is 33.8 Å². The monoisotopic (exact) mass is 362 g/mol. The van der Waals surface area contributed by atoms with Crippen molar-refractivity contribution >= 4 is 21.9 Å². The van der Waals surface area contributed by atoms with E-state index in [1.165, 1.54) is 18.2 Å². The Hall–Kier alpha value is -1.22. The Morgan fingerprint density at radius 3 is 2.35 bits per heavy atom. The average molecular weight is 363 g/mol. The number of ether oxygens (including phenoxy) is 1. The molecular formula is C11H8BrF5O3. The minimum absolute atomic E-state index is 0.00940. The molecule has 0 aliphatic heterocycles. The quantitative estimate of drug-likeness (QED) is 0.809. The van der Waals surface area contributed by atoms with E-state index in [9.17, 15) is 26.7 Å². The number of hydrogen-bond donors (Lipinski definition) is 1. The van der Waals surface area contributed by atoms with E-state index in [-0.39, 0.29) is 11.1 Å². The van der Waals surface area contributed by atoms with Crippen LogP contribution in [0.3, 0.4) is 0 Å². The third kappa shape index (κ3) is 4.14. The molecule has 1 aromatic carbocycles. The van der Waals surface area contributed by atoms with Gasteiger partial charge in [0.2, 0.25) is 0 Å². The molecule has 1 aromatic rings. The zero-order valence-corrected chi connectivity index (χ0v) is 11.3. The fourth-order valence-corrected chi connectivity index (χ4v) is 1.67. The Morgan fingerprint density at radius 1 is 1.25 bits per heavy atom. The summed E-state index contributed by atoms with van der Waals surface area (Å²) in [6.45, 7) is -2.55. The summed E-state index contributed by atoms with van der Waals surface area (Å²) < 4.78 is 65.6. The van der Waals surface area contributed by atoms with Crippen molar-refractivity contribution in [3.63, 3.8) is 0 Å². The molecule has 0 saturated carbocycles. The van der Waals surface area contributed by atoms with Gasteiger partial charge < -0.3 is 9.84 Å². The molecule has 1 N–H and O–H groups in total. The van der Waals surface area contributed by atoms with Crippen LogP contribution in [0.2, 0.25) is 0 Å². The van der Waals surface area contributed by atoms with Crippen LogP contribution in [0.5, 0.6) is 0 Å². The Morgan fingerprint density at radius 2 is 1.85 bits per heavy atom. The Kier molecular flexibility index (Phi) is 5.09. The molecule has 1 rings (SSSR count). The lowest BCUT2D eigenvalue weighted by molar-refractivity contribution is -0.297. The molecule has 0 heterocycles. The topological polar surface area (TPSA) is 46.5 Å². The van der Waals surface area contributed by atoms with E-state index in [0.29, 0.717) is 4.47 Å². The van der Waals surface area contributed by atoms with Gasteiger partial charge in [0.05, 0.1) is 12.2 Å². The van der Waals surface area contributed by atoms with Gasteiger partial charge in [-0.05, 0) is 23.8 Å². The second-order valence-corrected chi connectivity index (χ2v) is 4.72. The summed E-state index contributed by atoms with van der Waals surface area (Å²) in [4.78, 5) is 10.9. The minimum atomic E-state index is -5.71. The molecule has 0 aromatic heterocycles. The number of aromatic carboxylic acids is 1. The van der Waals surface area contributed by atoms with Crippen LogP contribution in [0.1, 0.15) is 15.9 Å². The van der Waals surface area contributed by atoms with Gasteiger partial charge in [-0.3, -0.25) is 0 Å². The highest BCUT2D eigenvalue weighted by Crippen LogP contribution is 2.35. The Balaban J connectivity index is 2.76. The van der Waals surface area contributed by atoms with Crippen LogP contribution < -0.4 is 0 Å². The first kappa shape index (κ1) is 16.8. The molecule has 0 fully saturated rings. The van der Waals surface area contributed by atoms with Gasteiger partial charge in [0, 0.05) is 4.47 Å². The summed E-state index contributed by atoms with van der Waals surface area (Å²) >= 11 is 3.03. The summed E-state index contributed by atoms with van der Waals surface area (Å²) in [5.41, 5.74) is -0.242. The molecule has 0 unspecified atom stereocenters. The standard InChI is InChI=1S/C11H8BrF5O3/c12-7-1-2-8(9(18)19)6(3-7)4-20-5-10(13,14)11(15,16)17/h1-3H,4-5H2,(H,18,19). The van der Waals surface area contributed by atoms with Crippen LogP contribution in [0, 0.1) is 0 Å². The highest BCUT2D eigenvalue weighted by Gasteiger charge is 2.57. The number of halogens is 6. The number of carboxylic acid groups (broad SMARTS) is 1. The van der Waals surface area contributed by atoms with Gasteiger partial charge in [0.15, 0.2) is 0 Å². The number of benzene rings is 1. The fourth-order valence-electron chi connectivity index (χ4n) is 1.26. The third-order valence-electron chi connectivity index (χ3n) is 2.25. The smallest absolute Gasteiger partial charge is 0.455 e. The first-order valence-electron chi connectivity index (χ1n) is 5.08. The number of alkyl halides is 5. The normalized spacial score (nSPS) is 12.5. The van der Waals surface area contributed by atoms with E-state index in [4.69, 9.17) is 5.11 Å². The maximum Gasteiger partial charge on any atom is 0.455 e. The van der Waals surface area contributed by atoms with Crippen molar-refractivity contribution in [1.82, 2.24) is 0 Å². The molecule has 0 spiro atoms. The van der Waals surface area contributed by atoms with Crippen LogP contribution in [-0.4, -0.2) is 29.8 Å². The first-order valence-corrected chi connectivity index (χ1v) is 5.88. The molecule has 0 aliphatic rings. The fraction of sp³-hybridized carbons (Fsp3) is 0.364. The van der Waals surface area contributed by atoms with Crippen molar-refractivity contribution in [2.75, 3.05) is 6.61 Å². The van der Waals surface area contributed by atoms with Gasteiger partial charge >= 0.3 is 18.1 Å². The van der Waals surface area contributed by atoms with Crippen LogP contribution in [0.25, 0.3) is 0 Å². The molecule has 3 nitrogen and oxygen atoms in total. The van der Waals surface area contributed by atoms with Gasteiger partial charge in [0.1, 0.15) is 6.61 Å². The van der Waals surface area contributed by atoms with Gasteiger partial charge in [0.25, 0.3) is 0 Å². The van der Waals surface area contributed by atoms with E-state index in [1.807, 2.05) is 0 Å². The zero-order chi connectivity index (χ0) is 15.6. The van der Waals surface area contributed by atoms with Crippen molar-refractivity contribution in [2.24, 2.45) is 0 Å². The molecule has 0 aliphatic carbocycles. The van der Waals surface area contributed by atoms with Gasteiger partial charge in [-0.1, -0.05) is 15.9 Å². The van der Waals surface area contributed by atoms with Gasteiger partial charge in [-0.2, -0.15) is 22.0 Å². The third-order valence-corrected chi connectivity index (χ3v) is 2.75. The number of rotatable bonds is 5. The molecule has 0 atom stereocenters. The molecule has 0 bridgehead atoms. The van der Waals surface area contributed by atoms with E-state index in [2.05, 4.69) is 20.7 Å². The van der Waals surface area contributed by atoms with Crippen molar-refractivity contribution in [3.8, 4) is 0 Å². The summed E-state index contributed by atoms with van der Waals surface area (Å²) in [5, 5.41) is 8.85. The predicted molar refractivity (Wildman–Crippen MR) is 61.8 cm³/mol.